The van der Waals surface area contributed by atoms with Crippen molar-refractivity contribution in [3.05, 3.63) is 16.0 Å². The highest BCUT2D eigenvalue weighted by atomic mass is 79.9. The molecule has 4 nitrogen and oxygen atoms in total. The third-order valence-corrected chi connectivity index (χ3v) is 3.42. The standard InChI is InChI=1S/C13H22BrN3O/c1-8(7-18-6)11-16-10(13(2,3)4)9(14)12(15-5)17-11/h8H,7H2,1-6H3,(H,15,16,17). The smallest absolute Gasteiger partial charge is 0.144 e. The Kier molecular flexibility index (Phi) is 5.10. The molecule has 1 heterocycles. The summed E-state index contributed by atoms with van der Waals surface area (Å²) in [5.41, 5.74) is 0.981. The van der Waals surface area contributed by atoms with E-state index in [1.165, 1.54) is 0 Å². The van der Waals surface area contributed by atoms with Gasteiger partial charge in [0.1, 0.15) is 11.6 Å². The molecule has 1 N–H and O–H groups in total. The zero-order chi connectivity index (χ0) is 13.9. The first-order chi connectivity index (χ1) is 8.31. The Morgan fingerprint density at radius 3 is 2.39 bits per heavy atom. The quantitative estimate of drug-likeness (QED) is 0.925. The molecule has 0 fully saturated rings. The second kappa shape index (κ2) is 5.97. The first-order valence-corrected chi connectivity index (χ1v) is 6.85. The minimum absolute atomic E-state index is 0.0328. The monoisotopic (exact) mass is 315 g/mol. The maximum absolute atomic E-state index is 5.18. The van der Waals surface area contributed by atoms with Crippen LogP contribution in [-0.4, -0.2) is 30.7 Å². The summed E-state index contributed by atoms with van der Waals surface area (Å²) in [6.07, 6.45) is 0. The first-order valence-electron chi connectivity index (χ1n) is 6.05. The van der Waals surface area contributed by atoms with Gasteiger partial charge in [-0.1, -0.05) is 27.7 Å². The van der Waals surface area contributed by atoms with Gasteiger partial charge in [-0.2, -0.15) is 0 Å². The summed E-state index contributed by atoms with van der Waals surface area (Å²) in [6, 6.07) is 0. The van der Waals surface area contributed by atoms with E-state index in [4.69, 9.17) is 9.72 Å². The highest BCUT2D eigenvalue weighted by Gasteiger charge is 2.24. The van der Waals surface area contributed by atoms with Gasteiger partial charge in [-0.25, -0.2) is 9.97 Å². The molecular weight excluding hydrogens is 294 g/mol. The number of hydrogen-bond acceptors (Lipinski definition) is 4. The topological polar surface area (TPSA) is 47.0 Å². The van der Waals surface area contributed by atoms with Crippen molar-refractivity contribution in [2.75, 3.05) is 26.1 Å². The van der Waals surface area contributed by atoms with Gasteiger partial charge in [0.15, 0.2) is 0 Å². The second-order valence-corrected chi connectivity index (χ2v) is 6.24. The molecule has 1 atom stereocenters. The Bertz CT molecular complexity index is 415. The van der Waals surface area contributed by atoms with Crippen molar-refractivity contribution in [3.8, 4) is 0 Å². The molecule has 0 saturated heterocycles. The van der Waals surface area contributed by atoms with E-state index in [1.807, 2.05) is 7.05 Å². The summed E-state index contributed by atoms with van der Waals surface area (Å²) >= 11 is 3.58. The molecule has 1 aromatic heterocycles. The molecule has 0 radical (unpaired) electrons. The Morgan fingerprint density at radius 1 is 1.33 bits per heavy atom. The van der Waals surface area contributed by atoms with Crippen LogP contribution in [0.1, 0.15) is 45.1 Å². The van der Waals surface area contributed by atoms with Crippen molar-refractivity contribution in [1.29, 1.82) is 0 Å². The molecule has 0 amide bonds. The number of anilines is 1. The van der Waals surface area contributed by atoms with E-state index in [9.17, 15) is 0 Å². The predicted molar refractivity (Wildman–Crippen MR) is 78.3 cm³/mol. The Balaban J connectivity index is 3.31. The van der Waals surface area contributed by atoms with Crippen molar-refractivity contribution < 1.29 is 4.74 Å². The van der Waals surface area contributed by atoms with Crippen LogP contribution in [0.4, 0.5) is 5.82 Å². The molecule has 102 valence electrons. The van der Waals surface area contributed by atoms with Gasteiger partial charge in [0.2, 0.25) is 0 Å². The third kappa shape index (κ3) is 3.42. The number of methoxy groups -OCH3 is 1. The number of nitrogens with one attached hydrogen (secondary N) is 1. The zero-order valence-electron chi connectivity index (χ0n) is 12.0. The van der Waals surface area contributed by atoms with E-state index in [-0.39, 0.29) is 11.3 Å². The highest BCUT2D eigenvalue weighted by Crippen LogP contribution is 2.33. The first kappa shape index (κ1) is 15.4. The normalized spacial score (nSPS) is 13.5. The van der Waals surface area contributed by atoms with Crippen molar-refractivity contribution >= 4 is 21.7 Å². The number of aromatic nitrogens is 2. The molecule has 1 unspecified atom stereocenters. The van der Waals surface area contributed by atoms with Gasteiger partial charge in [0.05, 0.1) is 16.8 Å². The molecule has 1 rings (SSSR count). The molecule has 0 aliphatic rings. The van der Waals surface area contributed by atoms with E-state index < -0.39 is 0 Å². The number of hydrogen-bond donors (Lipinski definition) is 1. The van der Waals surface area contributed by atoms with Crippen LogP contribution in [0, 0.1) is 0 Å². The maximum Gasteiger partial charge on any atom is 0.144 e. The second-order valence-electron chi connectivity index (χ2n) is 5.45. The summed E-state index contributed by atoms with van der Waals surface area (Å²) in [6.45, 7) is 9.12. The largest absolute Gasteiger partial charge is 0.384 e. The lowest BCUT2D eigenvalue weighted by Crippen LogP contribution is -2.19. The van der Waals surface area contributed by atoms with Crippen LogP contribution in [-0.2, 0) is 10.2 Å². The van der Waals surface area contributed by atoms with Crippen LogP contribution in [0.2, 0.25) is 0 Å². The summed E-state index contributed by atoms with van der Waals surface area (Å²) < 4.78 is 6.11. The molecule has 5 heteroatoms. The average molecular weight is 316 g/mol. The van der Waals surface area contributed by atoms with Crippen molar-refractivity contribution in [1.82, 2.24) is 9.97 Å². The number of halogens is 1. The highest BCUT2D eigenvalue weighted by molar-refractivity contribution is 9.10. The Labute approximate surface area is 118 Å². The molecule has 1 aromatic rings. The van der Waals surface area contributed by atoms with Crippen molar-refractivity contribution in [3.63, 3.8) is 0 Å². The fourth-order valence-electron chi connectivity index (χ4n) is 1.67. The molecular formula is C13H22BrN3O. The van der Waals surface area contributed by atoms with E-state index in [0.29, 0.717) is 6.61 Å². The van der Waals surface area contributed by atoms with E-state index >= 15 is 0 Å². The number of rotatable bonds is 4. The number of nitrogens with zero attached hydrogens (tertiary/aromatic N) is 2. The van der Waals surface area contributed by atoms with Crippen molar-refractivity contribution in [2.45, 2.75) is 39.0 Å². The van der Waals surface area contributed by atoms with Crippen LogP contribution in [0.3, 0.4) is 0 Å². The molecule has 0 bridgehead atoms. The van der Waals surface area contributed by atoms with Crippen LogP contribution in [0.5, 0.6) is 0 Å². The van der Waals surface area contributed by atoms with E-state index in [1.54, 1.807) is 7.11 Å². The molecule has 0 saturated carbocycles. The van der Waals surface area contributed by atoms with Crippen LogP contribution in [0.15, 0.2) is 4.47 Å². The number of ether oxygens (including phenoxy) is 1. The summed E-state index contributed by atoms with van der Waals surface area (Å²) in [7, 11) is 3.56. The van der Waals surface area contributed by atoms with Gasteiger partial charge < -0.3 is 10.1 Å². The van der Waals surface area contributed by atoms with Gasteiger partial charge in [0.25, 0.3) is 0 Å². The van der Waals surface area contributed by atoms with Crippen molar-refractivity contribution in [2.24, 2.45) is 0 Å². The van der Waals surface area contributed by atoms with Crippen LogP contribution in [0.25, 0.3) is 0 Å². The fourth-order valence-corrected chi connectivity index (χ4v) is 2.64. The summed E-state index contributed by atoms with van der Waals surface area (Å²) in [4.78, 5) is 9.23. The Hall–Kier alpha value is -0.680. The van der Waals surface area contributed by atoms with Gasteiger partial charge in [-0.05, 0) is 15.9 Å². The van der Waals surface area contributed by atoms with Crippen LogP contribution >= 0.6 is 15.9 Å². The molecule has 18 heavy (non-hydrogen) atoms. The summed E-state index contributed by atoms with van der Waals surface area (Å²) in [5.74, 6) is 1.82. The van der Waals surface area contributed by atoms with Crippen LogP contribution < -0.4 is 5.32 Å². The lowest BCUT2D eigenvalue weighted by atomic mass is 9.91. The SMILES string of the molecule is CNc1nc(C(C)COC)nc(C(C)(C)C)c1Br. The lowest BCUT2D eigenvalue weighted by Gasteiger charge is -2.23. The van der Waals surface area contributed by atoms with Gasteiger partial charge in [-0.3, -0.25) is 0 Å². The van der Waals surface area contributed by atoms with Gasteiger partial charge in [-0.15, -0.1) is 0 Å². The van der Waals surface area contributed by atoms with Gasteiger partial charge >= 0.3 is 0 Å². The molecule has 0 aromatic carbocycles. The van der Waals surface area contributed by atoms with Gasteiger partial charge in [0, 0.05) is 25.5 Å². The molecule has 0 aliphatic carbocycles. The average Bonchev–Trinajstić information content (AvgIpc) is 2.28. The molecule has 0 aliphatic heterocycles. The van der Waals surface area contributed by atoms with E-state index in [2.05, 4.69) is 53.9 Å². The Morgan fingerprint density at radius 2 is 1.94 bits per heavy atom. The lowest BCUT2D eigenvalue weighted by molar-refractivity contribution is 0.181. The van der Waals surface area contributed by atoms with E-state index in [0.717, 1.165) is 21.8 Å². The fraction of sp³-hybridized carbons (Fsp3) is 0.692. The molecule has 0 spiro atoms. The minimum Gasteiger partial charge on any atom is -0.384 e. The zero-order valence-corrected chi connectivity index (χ0v) is 13.6. The summed E-state index contributed by atoms with van der Waals surface area (Å²) in [5, 5.41) is 3.11. The third-order valence-electron chi connectivity index (χ3n) is 2.67. The maximum atomic E-state index is 5.18. The minimum atomic E-state index is -0.0328. The predicted octanol–water partition coefficient (Wildman–Crippen LogP) is 3.33.